The lowest BCUT2D eigenvalue weighted by Crippen LogP contribution is -3.04. The highest BCUT2D eigenvalue weighted by Crippen LogP contribution is 2.16. The molecule has 2 aromatic rings. The maximum Gasteiger partial charge on any atom is 0.258 e. The average molecular weight is 334 g/mol. The minimum absolute atomic E-state index is 0.0263. The number of hydrogen-bond donors (Lipinski definition) is 2. The van der Waals surface area contributed by atoms with Crippen molar-refractivity contribution in [3.8, 4) is 5.75 Å². The van der Waals surface area contributed by atoms with Crippen LogP contribution in [0.1, 0.15) is 11.1 Å². The van der Waals surface area contributed by atoms with Crippen LogP contribution in [0.3, 0.4) is 0 Å². The predicted octanol–water partition coefficient (Wildman–Crippen LogP) is 1.68. The maximum atomic E-state index is 11.9. The third-order valence-corrected chi connectivity index (χ3v) is 3.54. The molecule has 2 N–H and O–H groups in total. The summed E-state index contributed by atoms with van der Waals surface area (Å²) >= 11 is 5.88. The third kappa shape index (κ3) is 5.93. The normalized spacial score (nSPS) is 10.6. The first-order chi connectivity index (χ1) is 11.0. The molecular weight excluding hydrogens is 312 g/mol. The van der Waals surface area contributed by atoms with Gasteiger partial charge in [-0.25, -0.2) is 0 Å². The van der Waals surface area contributed by atoms with E-state index >= 15 is 0 Å². The van der Waals surface area contributed by atoms with E-state index in [2.05, 4.69) is 25.5 Å². The van der Waals surface area contributed by atoms with E-state index in [0.717, 1.165) is 12.1 Å². The number of benzene rings is 2. The third-order valence-electron chi connectivity index (χ3n) is 3.30. The van der Waals surface area contributed by atoms with Gasteiger partial charge < -0.3 is 15.0 Å². The lowest BCUT2D eigenvalue weighted by atomic mass is 10.1. The second-order valence-electron chi connectivity index (χ2n) is 5.68. The van der Waals surface area contributed by atoms with Gasteiger partial charge in [0.05, 0.1) is 14.1 Å². The largest absolute Gasteiger partial charge is 0.484 e. The van der Waals surface area contributed by atoms with Crippen molar-refractivity contribution < 1.29 is 14.4 Å². The maximum absolute atomic E-state index is 11.9. The number of quaternary nitrogens is 1. The molecule has 4 nitrogen and oxygen atoms in total. The Morgan fingerprint density at radius 3 is 2.57 bits per heavy atom. The number of amides is 1. The minimum Gasteiger partial charge on any atom is -0.484 e. The zero-order valence-electron chi connectivity index (χ0n) is 13.4. The van der Waals surface area contributed by atoms with Crippen LogP contribution >= 0.6 is 11.6 Å². The molecule has 23 heavy (non-hydrogen) atoms. The highest BCUT2D eigenvalue weighted by molar-refractivity contribution is 6.30. The van der Waals surface area contributed by atoms with E-state index in [4.69, 9.17) is 16.3 Å². The van der Waals surface area contributed by atoms with Gasteiger partial charge in [-0.3, -0.25) is 4.79 Å². The Morgan fingerprint density at radius 1 is 1.13 bits per heavy atom. The van der Waals surface area contributed by atoms with Gasteiger partial charge in [-0.2, -0.15) is 0 Å². The Labute approximate surface area is 142 Å². The Morgan fingerprint density at radius 2 is 1.87 bits per heavy atom. The molecule has 1 amide bonds. The first kappa shape index (κ1) is 17.3. The highest BCUT2D eigenvalue weighted by Gasteiger charge is 2.08. The summed E-state index contributed by atoms with van der Waals surface area (Å²) in [5.74, 6) is 0.432. The molecule has 5 heteroatoms. The molecule has 0 fully saturated rings. The summed E-state index contributed by atoms with van der Waals surface area (Å²) in [6, 6.07) is 15.1. The van der Waals surface area contributed by atoms with E-state index in [1.807, 2.05) is 18.2 Å². The Hall–Kier alpha value is -2.04. The van der Waals surface area contributed by atoms with E-state index < -0.39 is 0 Å². The molecule has 0 aliphatic rings. The number of rotatable bonds is 7. The van der Waals surface area contributed by atoms with Gasteiger partial charge in [0.15, 0.2) is 6.61 Å². The van der Waals surface area contributed by atoms with Gasteiger partial charge >= 0.3 is 0 Å². The quantitative estimate of drug-likeness (QED) is 0.809. The van der Waals surface area contributed by atoms with Crippen LogP contribution < -0.4 is 15.0 Å². The van der Waals surface area contributed by atoms with Crippen LogP contribution in [-0.4, -0.2) is 26.6 Å². The zero-order chi connectivity index (χ0) is 16.7. The van der Waals surface area contributed by atoms with Crippen molar-refractivity contribution in [2.24, 2.45) is 0 Å². The molecule has 2 rings (SSSR count). The molecule has 122 valence electrons. The molecule has 0 saturated heterocycles. The number of carbonyl (C=O) groups is 1. The summed E-state index contributed by atoms with van der Waals surface area (Å²) in [4.78, 5) is 13.3. The first-order valence-corrected chi connectivity index (χ1v) is 7.93. The molecule has 0 aromatic heterocycles. The smallest absolute Gasteiger partial charge is 0.258 e. The van der Waals surface area contributed by atoms with Crippen LogP contribution in [-0.2, 0) is 17.9 Å². The number of hydrogen-bond acceptors (Lipinski definition) is 2. The Kier molecular flexibility index (Phi) is 6.44. The molecule has 0 aliphatic carbocycles. The van der Waals surface area contributed by atoms with Crippen molar-refractivity contribution in [2.75, 3.05) is 20.7 Å². The Bertz CT molecular complexity index is 659. The second-order valence-corrected chi connectivity index (χ2v) is 6.11. The van der Waals surface area contributed by atoms with E-state index in [-0.39, 0.29) is 12.5 Å². The fourth-order valence-electron chi connectivity index (χ4n) is 2.23. The summed E-state index contributed by atoms with van der Waals surface area (Å²) in [5, 5.41) is 3.48. The lowest BCUT2D eigenvalue weighted by Gasteiger charge is -2.13. The minimum atomic E-state index is -0.156. The standard InChI is InChI=1S/C18H21ClN2O2/c1-21(2)12-15-7-4-3-6-14(15)11-20-18(22)13-23-17-9-5-8-16(19)10-17/h3-10H,11-13H2,1-2H3,(H,20,22)/p+1. The molecule has 0 radical (unpaired) electrons. The molecule has 0 saturated carbocycles. The van der Waals surface area contributed by atoms with E-state index in [9.17, 15) is 4.79 Å². The van der Waals surface area contributed by atoms with E-state index in [0.29, 0.717) is 17.3 Å². The van der Waals surface area contributed by atoms with Crippen LogP contribution in [0.25, 0.3) is 0 Å². The highest BCUT2D eigenvalue weighted by atomic mass is 35.5. The molecule has 2 aromatic carbocycles. The van der Waals surface area contributed by atoms with Gasteiger partial charge in [0.1, 0.15) is 12.3 Å². The lowest BCUT2D eigenvalue weighted by molar-refractivity contribution is -0.872. The summed E-state index contributed by atoms with van der Waals surface area (Å²) in [6.45, 7) is 1.40. The first-order valence-electron chi connectivity index (χ1n) is 7.55. The Balaban J connectivity index is 1.85. The number of carbonyl (C=O) groups excluding carboxylic acids is 1. The molecule has 0 heterocycles. The summed E-state index contributed by atoms with van der Waals surface area (Å²) < 4.78 is 5.43. The molecule has 0 aliphatic heterocycles. The average Bonchev–Trinajstić information content (AvgIpc) is 2.51. The van der Waals surface area contributed by atoms with Crippen LogP contribution in [0, 0.1) is 0 Å². The van der Waals surface area contributed by atoms with Crippen LogP contribution in [0.5, 0.6) is 5.75 Å². The van der Waals surface area contributed by atoms with E-state index in [1.165, 1.54) is 10.5 Å². The summed E-state index contributed by atoms with van der Waals surface area (Å²) in [5.41, 5.74) is 2.37. The SMILES string of the molecule is C[NH+](C)Cc1ccccc1CNC(=O)COc1cccc(Cl)c1. The summed E-state index contributed by atoms with van der Waals surface area (Å²) in [7, 11) is 4.21. The fraction of sp³-hybridized carbons (Fsp3) is 0.278. The molecule has 0 bridgehead atoms. The summed E-state index contributed by atoms with van der Waals surface area (Å²) in [6.07, 6.45) is 0. The van der Waals surface area contributed by atoms with Gasteiger partial charge in [-0.05, 0) is 23.8 Å². The second kappa shape index (κ2) is 8.56. The van der Waals surface area contributed by atoms with Crippen LogP contribution in [0.15, 0.2) is 48.5 Å². The van der Waals surface area contributed by atoms with Crippen molar-refractivity contribution in [3.63, 3.8) is 0 Å². The van der Waals surface area contributed by atoms with Crippen LogP contribution in [0.4, 0.5) is 0 Å². The van der Waals surface area contributed by atoms with Crippen molar-refractivity contribution in [2.45, 2.75) is 13.1 Å². The zero-order valence-corrected chi connectivity index (χ0v) is 14.2. The van der Waals surface area contributed by atoms with Crippen molar-refractivity contribution >= 4 is 17.5 Å². The van der Waals surface area contributed by atoms with Gasteiger partial charge in [0.25, 0.3) is 5.91 Å². The fourth-order valence-corrected chi connectivity index (χ4v) is 2.41. The van der Waals surface area contributed by atoms with Gasteiger partial charge in [0, 0.05) is 17.1 Å². The van der Waals surface area contributed by atoms with E-state index in [1.54, 1.807) is 24.3 Å². The predicted molar refractivity (Wildman–Crippen MR) is 91.8 cm³/mol. The molecular formula is C18H22ClN2O2+. The molecule has 0 spiro atoms. The van der Waals surface area contributed by atoms with Crippen LogP contribution in [0.2, 0.25) is 5.02 Å². The number of nitrogens with one attached hydrogen (secondary N) is 2. The van der Waals surface area contributed by atoms with Crippen molar-refractivity contribution in [3.05, 3.63) is 64.7 Å². The number of halogens is 1. The number of ether oxygens (including phenoxy) is 1. The van der Waals surface area contributed by atoms with Gasteiger partial charge in [-0.15, -0.1) is 0 Å². The molecule has 0 atom stereocenters. The topological polar surface area (TPSA) is 42.8 Å². The van der Waals surface area contributed by atoms with Crippen molar-refractivity contribution in [1.29, 1.82) is 0 Å². The molecule has 0 unspecified atom stereocenters. The van der Waals surface area contributed by atoms with Crippen molar-refractivity contribution in [1.82, 2.24) is 5.32 Å². The van der Waals surface area contributed by atoms with Gasteiger partial charge in [0.2, 0.25) is 0 Å². The monoisotopic (exact) mass is 333 g/mol. The van der Waals surface area contributed by atoms with Gasteiger partial charge in [-0.1, -0.05) is 41.9 Å².